The number of carbonyl (C=O) groups excluding carboxylic acids is 1. The number of nitrogens with zero attached hydrogens (tertiary/aromatic N) is 1. The molecular formula is C13H12ClIN2O2S. The van der Waals surface area contributed by atoms with E-state index < -0.39 is 0 Å². The highest BCUT2D eigenvalue weighted by atomic mass is 127. The first-order valence-electron chi connectivity index (χ1n) is 5.88. The van der Waals surface area contributed by atoms with Gasteiger partial charge in [-0.05, 0) is 54.6 Å². The molecule has 0 unspecified atom stereocenters. The topological polar surface area (TPSA) is 51.2 Å². The van der Waals surface area contributed by atoms with Crippen molar-refractivity contribution in [3.05, 3.63) is 37.4 Å². The van der Waals surface area contributed by atoms with Crippen molar-refractivity contribution >= 4 is 62.3 Å². The van der Waals surface area contributed by atoms with E-state index in [-0.39, 0.29) is 5.97 Å². The molecule has 0 bridgehead atoms. The molecule has 1 aromatic heterocycles. The van der Waals surface area contributed by atoms with Gasteiger partial charge in [0.1, 0.15) is 0 Å². The molecule has 2 aromatic rings. The normalized spacial score (nSPS) is 10.4. The molecule has 106 valence electrons. The molecule has 0 amide bonds. The molecule has 2 rings (SSSR count). The quantitative estimate of drug-likeness (QED) is 0.576. The maximum Gasteiger partial charge on any atom is 0.358 e. The fraction of sp³-hybridized carbons (Fsp3) is 0.231. The first-order chi connectivity index (χ1) is 9.51. The van der Waals surface area contributed by atoms with E-state index in [1.165, 1.54) is 11.3 Å². The third-order valence-corrected chi connectivity index (χ3v) is 4.45. The SMILES string of the molecule is CCOC(=O)c1nc(Nc2ccc(Cl)cc2I)sc1C. The molecule has 0 radical (unpaired) electrons. The van der Waals surface area contributed by atoms with Gasteiger partial charge in [-0.1, -0.05) is 11.6 Å². The molecule has 1 aromatic carbocycles. The summed E-state index contributed by atoms with van der Waals surface area (Å²) in [5.41, 5.74) is 1.27. The van der Waals surface area contributed by atoms with Crippen LogP contribution in [0.15, 0.2) is 18.2 Å². The maximum absolute atomic E-state index is 11.7. The number of thiazole rings is 1. The third kappa shape index (κ3) is 3.62. The van der Waals surface area contributed by atoms with E-state index in [9.17, 15) is 4.79 Å². The highest BCUT2D eigenvalue weighted by Crippen LogP contribution is 2.29. The first kappa shape index (κ1) is 15.5. The van der Waals surface area contributed by atoms with Gasteiger partial charge in [0.05, 0.1) is 12.3 Å². The van der Waals surface area contributed by atoms with Gasteiger partial charge in [0.15, 0.2) is 10.8 Å². The van der Waals surface area contributed by atoms with Crippen molar-refractivity contribution in [3.63, 3.8) is 0 Å². The summed E-state index contributed by atoms with van der Waals surface area (Å²) in [6.07, 6.45) is 0. The van der Waals surface area contributed by atoms with E-state index in [1.54, 1.807) is 13.0 Å². The summed E-state index contributed by atoms with van der Waals surface area (Å²) in [4.78, 5) is 16.8. The zero-order valence-electron chi connectivity index (χ0n) is 10.9. The number of rotatable bonds is 4. The van der Waals surface area contributed by atoms with Crippen LogP contribution in [0.4, 0.5) is 10.8 Å². The van der Waals surface area contributed by atoms with Crippen molar-refractivity contribution in [1.29, 1.82) is 0 Å². The lowest BCUT2D eigenvalue weighted by atomic mass is 10.3. The lowest BCUT2D eigenvalue weighted by Gasteiger charge is -2.05. The Morgan fingerprint density at radius 1 is 1.55 bits per heavy atom. The Hall–Kier alpha value is -0.860. The molecule has 4 nitrogen and oxygen atoms in total. The Morgan fingerprint density at radius 3 is 2.95 bits per heavy atom. The van der Waals surface area contributed by atoms with Crippen LogP contribution in [0.2, 0.25) is 5.02 Å². The van der Waals surface area contributed by atoms with Crippen molar-refractivity contribution in [2.75, 3.05) is 11.9 Å². The predicted octanol–water partition coefficient (Wildman–Crippen LogP) is 4.63. The lowest BCUT2D eigenvalue weighted by molar-refractivity contribution is 0.0519. The molecule has 0 aliphatic carbocycles. The average molecular weight is 423 g/mol. The van der Waals surface area contributed by atoms with Crippen LogP contribution in [-0.2, 0) is 4.74 Å². The Kier molecular flexibility index (Phi) is 5.22. The number of carbonyl (C=O) groups is 1. The Morgan fingerprint density at radius 2 is 2.30 bits per heavy atom. The Labute approximate surface area is 139 Å². The minimum absolute atomic E-state index is 0.341. The molecule has 7 heteroatoms. The summed E-state index contributed by atoms with van der Waals surface area (Å²) in [5, 5.41) is 4.53. The molecule has 0 saturated heterocycles. The van der Waals surface area contributed by atoms with E-state index in [1.807, 2.05) is 19.1 Å². The number of aryl methyl sites for hydroxylation is 1. The lowest BCUT2D eigenvalue weighted by Crippen LogP contribution is -2.06. The molecule has 0 aliphatic rings. The van der Waals surface area contributed by atoms with Crippen molar-refractivity contribution in [2.24, 2.45) is 0 Å². The molecule has 1 N–H and O–H groups in total. The van der Waals surface area contributed by atoms with Crippen LogP contribution in [0, 0.1) is 10.5 Å². The van der Waals surface area contributed by atoms with Gasteiger partial charge < -0.3 is 10.1 Å². The van der Waals surface area contributed by atoms with Crippen LogP contribution in [-0.4, -0.2) is 17.6 Å². The van der Waals surface area contributed by atoms with Crippen LogP contribution >= 0.6 is 45.5 Å². The third-order valence-electron chi connectivity index (χ3n) is 2.44. The van der Waals surface area contributed by atoms with Crippen molar-refractivity contribution in [2.45, 2.75) is 13.8 Å². The molecule has 20 heavy (non-hydrogen) atoms. The molecule has 0 spiro atoms. The summed E-state index contributed by atoms with van der Waals surface area (Å²) in [5.74, 6) is -0.389. The van der Waals surface area contributed by atoms with Gasteiger partial charge >= 0.3 is 5.97 Å². The number of hydrogen-bond donors (Lipinski definition) is 1. The summed E-state index contributed by atoms with van der Waals surface area (Å²) in [7, 11) is 0. The van der Waals surface area contributed by atoms with Gasteiger partial charge in [-0.15, -0.1) is 11.3 Å². The smallest absolute Gasteiger partial charge is 0.358 e. The van der Waals surface area contributed by atoms with Gasteiger partial charge in [0.25, 0.3) is 0 Å². The number of halogens is 2. The minimum atomic E-state index is -0.389. The number of aromatic nitrogens is 1. The van der Waals surface area contributed by atoms with Crippen LogP contribution < -0.4 is 5.32 Å². The number of ether oxygens (including phenoxy) is 1. The molecule has 0 saturated carbocycles. The molecule has 0 atom stereocenters. The van der Waals surface area contributed by atoms with Crippen LogP contribution in [0.25, 0.3) is 0 Å². The standard InChI is InChI=1S/C13H12ClIN2O2S/c1-3-19-12(18)11-7(2)20-13(17-11)16-10-5-4-8(14)6-9(10)15/h4-6H,3H2,1-2H3,(H,16,17). The highest BCUT2D eigenvalue weighted by molar-refractivity contribution is 14.1. The first-order valence-corrected chi connectivity index (χ1v) is 8.15. The Balaban J connectivity index is 2.22. The van der Waals surface area contributed by atoms with Gasteiger partial charge in [0.2, 0.25) is 0 Å². The van der Waals surface area contributed by atoms with E-state index >= 15 is 0 Å². The van der Waals surface area contributed by atoms with Gasteiger partial charge in [0, 0.05) is 13.5 Å². The second-order valence-corrected chi connectivity index (χ2v) is 6.70. The number of benzene rings is 1. The average Bonchev–Trinajstić information content (AvgIpc) is 2.74. The summed E-state index contributed by atoms with van der Waals surface area (Å²) < 4.78 is 5.96. The number of nitrogens with one attached hydrogen (secondary N) is 1. The molecular weight excluding hydrogens is 411 g/mol. The zero-order chi connectivity index (χ0) is 14.7. The van der Waals surface area contributed by atoms with Crippen molar-refractivity contribution in [1.82, 2.24) is 4.98 Å². The predicted molar refractivity (Wildman–Crippen MR) is 90.3 cm³/mol. The monoisotopic (exact) mass is 422 g/mol. The summed E-state index contributed by atoms with van der Waals surface area (Å²) in [6, 6.07) is 5.54. The van der Waals surface area contributed by atoms with Crippen molar-refractivity contribution in [3.8, 4) is 0 Å². The maximum atomic E-state index is 11.7. The summed E-state index contributed by atoms with van der Waals surface area (Å²) in [6.45, 7) is 3.96. The van der Waals surface area contributed by atoms with E-state index in [2.05, 4.69) is 32.9 Å². The van der Waals surface area contributed by atoms with Crippen LogP contribution in [0.5, 0.6) is 0 Å². The van der Waals surface area contributed by atoms with E-state index in [0.717, 1.165) is 14.1 Å². The zero-order valence-corrected chi connectivity index (χ0v) is 14.6. The van der Waals surface area contributed by atoms with E-state index in [0.29, 0.717) is 22.5 Å². The van der Waals surface area contributed by atoms with Gasteiger partial charge in [-0.2, -0.15) is 0 Å². The molecule has 0 fully saturated rings. The van der Waals surface area contributed by atoms with Gasteiger partial charge in [-0.25, -0.2) is 9.78 Å². The number of hydrogen-bond acceptors (Lipinski definition) is 5. The van der Waals surface area contributed by atoms with Gasteiger partial charge in [-0.3, -0.25) is 0 Å². The largest absolute Gasteiger partial charge is 0.461 e. The number of anilines is 2. The van der Waals surface area contributed by atoms with Crippen LogP contribution in [0.3, 0.4) is 0 Å². The van der Waals surface area contributed by atoms with E-state index in [4.69, 9.17) is 16.3 Å². The minimum Gasteiger partial charge on any atom is -0.461 e. The fourth-order valence-electron chi connectivity index (χ4n) is 1.54. The van der Waals surface area contributed by atoms with Crippen LogP contribution in [0.1, 0.15) is 22.3 Å². The summed E-state index contributed by atoms with van der Waals surface area (Å²) >= 11 is 9.53. The molecule has 1 heterocycles. The molecule has 0 aliphatic heterocycles. The Bertz CT molecular complexity index is 645. The second-order valence-electron chi connectivity index (χ2n) is 3.89. The van der Waals surface area contributed by atoms with Crippen molar-refractivity contribution < 1.29 is 9.53 Å². The number of esters is 1. The fourth-order valence-corrected chi connectivity index (χ4v) is 3.36. The highest BCUT2D eigenvalue weighted by Gasteiger charge is 2.16. The second kappa shape index (κ2) is 6.73.